The van der Waals surface area contributed by atoms with Crippen LogP contribution in [0.25, 0.3) is 0 Å². The molecule has 130 valence electrons. The van der Waals surface area contributed by atoms with Gasteiger partial charge in [-0.3, -0.25) is 4.79 Å². The van der Waals surface area contributed by atoms with Crippen molar-refractivity contribution in [3.8, 4) is 6.07 Å². The normalized spacial score (nSPS) is 52.3. The summed E-state index contributed by atoms with van der Waals surface area (Å²) in [5.74, 6) is 2.17. The van der Waals surface area contributed by atoms with Crippen molar-refractivity contribution in [2.24, 2.45) is 34.5 Å². The lowest BCUT2D eigenvalue weighted by atomic mass is 9.44. The number of nitrogens with zero attached hydrogens (tertiary/aromatic N) is 1. The molecule has 0 heterocycles. The molecule has 1 N–H and O–H groups in total. The molecule has 0 aromatic rings. The van der Waals surface area contributed by atoms with Crippen molar-refractivity contribution in [3.05, 3.63) is 11.6 Å². The zero-order valence-corrected chi connectivity index (χ0v) is 14.9. The summed E-state index contributed by atoms with van der Waals surface area (Å²) in [6.07, 6.45) is 9.33. The lowest BCUT2D eigenvalue weighted by Gasteiger charge is -2.59. The van der Waals surface area contributed by atoms with Gasteiger partial charge in [0.2, 0.25) is 0 Å². The molecule has 0 saturated heterocycles. The highest BCUT2D eigenvalue weighted by Crippen LogP contribution is 2.66. The topological polar surface area (TPSA) is 61.1 Å². The molecule has 0 aromatic carbocycles. The number of fused-ring (bicyclic) bond motifs is 5. The van der Waals surface area contributed by atoms with Gasteiger partial charge in [0.15, 0.2) is 0 Å². The maximum absolute atomic E-state index is 13.3. The van der Waals surface area contributed by atoms with Crippen molar-refractivity contribution in [2.45, 2.75) is 71.3 Å². The first-order valence-electron chi connectivity index (χ1n) is 9.70. The predicted octanol–water partition coefficient (Wildman–Crippen LogP) is 4.02. The van der Waals surface area contributed by atoms with E-state index >= 15 is 0 Å². The molecule has 4 fully saturated rings. The third-order valence-corrected chi connectivity index (χ3v) is 8.41. The number of hydrogen-bond acceptors (Lipinski definition) is 3. The van der Waals surface area contributed by atoms with E-state index in [-0.39, 0.29) is 22.9 Å². The van der Waals surface area contributed by atoms with Crippen molar-refractivity contribution in [1.82, 2.24) is 0 Å². The van der Waals surface area contributed by atoms with E-state index in [9.17, 15) is 9.90 Å². The van der Waals surface area contributed by atoms with Crippen LogP contribution >= 0.6 is 0 Å². The zero-order chi connectivity index (χ0) is 17.1. The minimum Gasteiger partial charge on any atom is -0.393 e. The van der Waals surface area contributed by atoms with Gasteiger partial charge in [0.05, 0.1) is 12.2 Å². The number of rotatable bonds is 0. The van der Waals surface area contributed by atoms with Gasteiger partial charge in [-0.1, -0.05) is 19.4 Å². The fraction of sp³-hybridized carbons (Fsp3) is 0.810. The van der Waals surface area contributed by atoms with E-state index in [0.29, 0.717) is 30.0 Å². The van der Waals surface area contributed by atoms with Gasteiger partial charge in [0.25, 0.3) is 0 Å². The van der Waals surface area contributed by atoms with Gasteiger partial charge in [-0.25, -0.2) is 0 Å². The zero-order valence-electron chi connectivity index (χ0n) is 14.9. The van der Waals surface area contributed by atoms with Crippen LogP contribution in [0.4, 0.5) is 0 Å². The Hall–Kier alpha value is -1.14. The monoisotopic (exact) mass is 327 g/mol. The number of aliphatic hydroxyl groups excluding tert-OH is 1. The Bertz CT molecular complexity index is 632. The second-order valence-electron chi connectivity index (χ2n) is 9.35. The van der Waals surface area contributed by atoms with Crippen LogP contribution in [0.3, 0.4) is 0 Å². The molecule has 7 atom stereocenters. The van der Waals surface area contributed by atoms with E-state index < -0.39 is 0 Å². The van der Waals surface area contributed by atoms with Crippen LogP contribution in [0.1, 0.15) is 65.2 Å². The number of hydrogen-bond donors (Lipinski definition) is 1. The van der Waals surface area contributed by atoms with Gasteiger partial charge in [-0.2, -0.15) is 5.26 Å². The Morgan fingerprint density at radius 2 is 2.04 bits per heavy atom. The molecule has 4 saturated carbocycles. The molecular weight excluding hydrogens is 298 g/mol. The third kappa shape index (κ3) is 2.08. The highest BCUT2D eigenvalue weighted by molar-refractivity contribution is 5.85. The molecule has 0 aromatic heterocycles. The van der Waals surface area contributed by atoms with Crippen LogP contribution in [-0.4, -0.2) is 17.0 Å². The number of nitriles is 1. The number of ketones is 1. The summed E-state index contributed by atoms with van der Waals surface area (Å²) in [5.41, 5.74) is 1.22. The Labute approximate surface area is 145 Å². The number of Topliss-reactive ketones (excluding diaryl/α,β-unsaturated/α-hetero) is 1. The molecule has 0 bridgehead atoms. The molecular formula is C21H29NO2. The van der Waals surface area contributed by atoms with Gasteiger partial charge >= 0.3 is 0 Å². The van der Waals surface area contributed by atoms with Crippen LogP contribution in [-0.2, 0) is 4.79 Å². The van der Waals surface area contributed by atoms with Gasteiger partial charge in [0, 0.05) is 18.4 Å². The fourth-order valence-corrected chi connectivity index (χ4v) is 7.21. The summed E-state index contributed by atoms with van der Waals surface area (Å²) in [6.45, 7) is 4.57. The Morgan fingerprint density at radius 1 is 1.25 bits per heavy atom. The van der Waals surface area contributed by atoms with Crippen LogP contribution in [0.5, 0.6) is 0 Å². The molecule has 3 heteroatoms. The number of aliphatic hydroxyl groups is 1. The largest absolute Gasteiger partial charge is 0.393 e. The number of carbonyl (C=O) groups is 1. The molecule has 0 radical (unpaired) electrons. The van der Waals surface area contributed by atoms with Crippen molar-refractivity contribution < 1.29 is 9.90 Å². The molecule has 0 amide bonds. The fourth-order valence-electron chi connectivity index (χ4n) is 7.21. The van der Waals surface area contributed by atoms with Gasteiger partial charge in [-0.05, 0) is 73.5 Å². The van der Waals surface area contributed by atoms with Crippen molar-refractivity contribution in [3.63, 3.8) is 0 Å². The average molecular weight is 327 g/mol. The third-order valence-electron chi connectivity index (χ3n) is 8.41. The van der Waals surface area contributed by atoms with Crippen LogP contribution in [0, 0.1) is 45.8 Å². The number of allylic oxidation sites excluding steroid dienone is 2. The van der Waals surface area contributed by atoms with E-state index in [4.69, 9.17) is 5.26 Å². The highest BCUT2D eigenvalue weighted by Gasteiger charge is 2.62. The molecule has 4 aliphatic carbocycles. The molecule has 0 spiro atoms. The lowest BCUT2D eigenvalue weighted by molar-refractivity contribution is -0.157. The highest BCUT2D eigenvalue weighted by atomic mass is 16.3. The van der Waals surface area contributed by atoms with E-state index in [1.807, 2.05) is 0 Å². The summed E-state index contributed by atoms with van der Waals surface area (Å²) in [4.78, 5) is 13.3. The molecule has 24 heavy (non-hydrogen) atoms. The lowest BCUT2D eigenvalue weighted by Crippen LogP contribution is -2.57. The summed E-state index contributed by atoms with van der Waals surface area (Å²) < 4.78 is 0. The smallest absolute Gasteiger partial charge is 0.137 e. The molecule has 4 rings (SSSR count). The van der Waals surface area contributed by atoms with Gasteiger partial charge in [0.1, 0.15) is 5.78 Å². The van der Waals surface area contributed by atoms with Gasteiger partial charge < -0.3 is 5.11 Å². The summed E-state index contributed by atoms with van der Waals surface area (Å²) >= 11 is 0. The minimum atomic E-state index is -0.166. The Morgan fingerprint density at radius 3 is 2.79 bits per heavy atom. The standard InChI is InChI=1S/C21H29NO2/c1-20-9-7-15(23)11-14(20)3-5-16-17-6-4-13(8-10-22)21(17,2)12-18(24)19(16)20/h8,14-17,19,23H,3-7,9,11-12H2,1-2H3/b13-8+/t14-,15-,16+,17+,19-,20+,21-/m1/s1. The Balaban J connectivity index is 1.70. The first-order valence-corrected chi connectivity index (χ1v) is 9.70. The first kappa shape index (κ1) is 16.3. The molecule has 3 nitrogen and oxygen atoms in total. The maximum atomic E-state index is 13.3. The minimum absolute atomic E-state index is 0.0780. The van der Waals surface area contributed by atoms with Crippen LogP contribution in [0.15, 0.2) is 11.6 Å². The quantitative estimate of drug-likeness (QED) is 0.684. The van der Waals surface area contributed by atoms with Crippen LogP contribution < -0.4 is 0 Å². The SMILES string of the molecule is C[C@]12CC[C@@H](O)C[C@H]1CC[C@@H]1[C@@H]2C(=O)C[C@]2(C)/C(=C/C#N)CC[C@@H]12. The second-order valence-corrected chi connectivity index (χ2v) is 9.35. The van der Waals surface area contributed by atoms with Gasteiger partial charge in [-0.15, -0.1) is 0 Å². The number of carbonyl (C=O) groups excluding carboxylic acids is 1. The molecule has 4 aliphatic rings. The molecule has 0 unspecified atom stereocenters. The van der Waals surface area contributed by atoms with E-state index in [1.165, 1.54) is 5.57 Å². The van der Waals surface area contributed by atoms with Crippen LogP contribution in [0.2, 0.25) is 0 Å². The van der Waals surface area contributed by atoms with Crippen molar-refractivity contribution in [2.75, 3.05) is 0 Å². The first-order chi connectivity index (χ1) is 11.4. The van der Waals surface area contributed by atoms with Crippen molar-refractivity contribution >= 4 is 5.78 Å². The maximum Gasteiger partial charge on any atom is 0.137 e. The summed E-state index contributed by atoms with van der Waals surface area (Å²) in [6, 6.07) is 2.21. The second kappa shape index (κ2) is 5.43. The van der Waals surface area contributed by atoms with Crippen molar-refractivity contribution in [1.29, 1.82) is 5.26 Å². The summed E-state index contributed by atoms with van der Waals surface area (Å²) in [5, 5.41) is 19.2. The van der Waals surface area contributed by atoms with E-state index in [1.54, 1.807) is 6.08 Å². The predicted molar refractivity (Wildman–Crippen MR) is 91.8 cm³/mol. The van der Waals surface area contributed by atoms with E-state index in [0.717, 1.165) is 44.9 Å². The average Bonchev–Trinajstić information content (AvgIpc) is 2.84. The Kier molecular flexibility index (Phi) is 3.69. The molecule has 0 aliphatic heterocycles. The summed E-state index contributed by atoms with van der Waals surface area (Å²) in [7, 11) is 0. The van der Waals surface area contributed by atoms with E-state index in [2.05, 4.69) is 19.9 Å².